The first kappa shape index (κ1) is 21.7. The number of likely N-dealkylation sites (N-methyl/N-ethyl adjacent to an activating group) is 1. The van der Waals surface area contributed by atoms with E-state index in [0.717, 1.165) is 30.0 Å². The van der Waals surface area contributed by atoms with Gasteiger partial charge in [-0.2, -0.15) is 0 Å². The lowest BCUT2D eigenvalue weighted by molar-refractivity contribution is -0.127. The SMILES string of the molecule is CC(=O)N(C)CCOc1ccc(-n2ccn(-c3ccc(OC4CCCC4)cc3)c2=O)cc1. The number of nitrogens with zero attached hydrogens (tertiary/aromatic N) is 3. The average molecular weight is 436 g/mol. The smallest absolute Gasteiger partial charge is 0.337 e. The first-order chi connectivity index (χ1) is 15.5. The Balaban J connectivity index is 1.41. The highest BCUT2D eigenvalue weighted by atomic mass is 16.5. The van der Waals surface area contributed by atoms with E-state index in [4.69, 9.17) is 9.47 Å². The lowest BCUT2D eigenvalue weighted by Crippen LogP contribution is -2.28. The Morgan fingerprint density at radius 3 is 2.00 bits per heavy atom. The second kappa shape index (κ2) is 9.77. The molecule has 1 amide bonds. The fourth-order valence-electron chi connectivity index (χ4n) is 3.81. The van der Waals surface area contributed by atoms with Crippen molar-refractivity contribution in [2.45, 2.75) is 38.7 Å². The summed E-state index contributed by atoms with van der Waals surface area (Å²) in [5.41, 5.74) is 1.40. The van der Waals surface area contributed by atoms with Crippen LogP contribution in [0.15, 0.2) is 65.7 Å². The summed E-state index contributed by atoms with van der Waals surface area (Å²) in [6.45, 7) is 2.45. The number of hydrogen-bond donors (Lipinski definition) is 0. The number of carbonyl (C=O) groups excluding carboxylic acids is 1. The molecule has 7 heteroatoms. The fraction of sp³-hybridized carbons (Fsp3) is 0.360. The van der Waals surface area contributed by atoms with E-state index in [0.29, 0.717) is 25.0 Å². The maximum atomic E-state index is 13.0. The van der Waals surface area contributed by atoms with Crippen LogP contribution in [0, 0.1) is 0 Å². The Hall–Kier alpha value is -3.48. The summed E-state index contributed by atoms with van der Waals surface area (Å²) in [6.07, 6.45) is 8.52. The summed E-state index contributed by atoms with van der Waals surface area (Å²) < 4.78 is 14.9. The van der Waals surface area contributed by atoms with Gasteiger partial charge in [0.25, 0.3) is 0 Å². The molecule has 1 aliphatic rings. The molecule has 1 fully saturated rings. The molecule has 0 atom stereocenters. The highest BCUT2D eigenvalue weighted by Crippen LogP contribution is 2.24. The maximum Gasteiger partial charge on any atom is 0.337 e. The summed E-state index contributed by atoms with van der Waals surface area (Å²) >= 11 is 0. The van der Waals surface area contributed by atoms with Crippen molar-refractivity contribution in [3.8, 4) is 22.9 Å². The minimum absolute atomic E-state index is 0.00353. The van der Waals surface area contributed by atoms with E-state index in [1.807, 2.05) is 48.5 Å². The number of carbonyl (C=O) groups is 1. The molecule has 0 radical (unpaired) electrons. The third-order valence-corrected chi connectivity index (χ3v) is 5.84. The van der Waals surface area contributed by atoms with E-state index in [1.165, 1.54) is 19.8 Å². The molecular weight excluding hydrogens is 406 g/mol. The normalized spacial score (nSPS) is 13.8. The van der Waals surface area contributed by atoms with E-state index < -0.39 is 0 Å². The van der Waals surface area contributed by atoms with Gasteiger partial charge in [-0.3, -0.25) is 13.9 Å². The molecule has 1 aliphatic carbocycles. The number of ether oxygens (including phenoxy) is 2. The first-order valence-electron chi connectivity index (χ1n) is 11.0. The first-order valence-corrected chi connectivity index (χ1v) is 11.0. The van der Waals surface area contributed by atoms with Crippen molar-refractivity contribution in [2.24, 2.45) is 0 Å². The van der Waals surface area contributed by atoms with E-state index in [-0.39, 0.29) is 11.6 Å². The largest absolute Gasteiger partial charge is 0.492 e. The van der Waals surface area contributed by atoms with Gasteiger partial charge in [-0.15, -0.1) is 0 Å². The molecule has 0 aliphatic heterocycles. The van der Waals surface area contributed by atoms with Gasteiger partial charge in [0.05, 0.1) is 24.0 Å². The van der Waals surface area contributed by atoms with E-state index >= 15 is 0 Å². The second-order valence-corrected chi connectivity index (χ2v) is 8.12. The van der Waals surface area contributed by atoms with Crippen molar-refractivity contribution in [3.05, 3.63) is 71.4 Å². The molecule has 1 saturated carbocycles. The molecule has 3 aromatic rings. The molecule has 168 valence electrons. The van der Waals surface area contributed by atoms with Crippen molar-refractivity contribution in [1.82, 2.24) is 14.0 Å². The second-order valence-electron chi connectivity index (χ2n) is 8.12. The number of imidazole rings is 1. The third-order valence-electron chi connectivity index (χ3n) is 5.84. The molecule has 1 aromatic heterocycles. The Kier molecular flexibility index (Phi) is 6.63. The lowest BCUT2D eigenvalue weighted by Gasteiger charge is -2.15. The standard InChI is InChI=1S/C25H29N3O4/c1-19(29)26(2)17-18-31-22-11-7-20(8-12-22)27-15-16-28(25(27)30)21-9-13-24(14-10-21)32-23-5-3-4-6-23/h7-16,23H,3-6,17-18H2,1-2H3. The van der Waals surface area contributed by atoms with Crippen LogP contribution in [-0.4, -0.2) is 46.2 Å². The molecular formula is C25H29N3O4. The van der Waals surface area contributed by atoms with E-state index in [2.05, 4.69) is 0 Å². The highest BCUT2D eigenvalue weighted by molar-refractivity contribution is 5.72. The van der Waals surface area contributed by atoms with Gasteiger partial charge in [-0.1, -0.05) is 0 Å². The van der Waals surface area contributed by atoms with Crippen molar-refractivity contribution >= 4 is 5.91 Å². The van der Waals surface area contributed by atoms with Crippen LogP contribution in [0.1, 0.15) is 32.6 Å². The van der Waals surface area contributed by atoms with Gasteiger partial charge in [-0.05, 0) is 74.2 Å². The van der Waals surface area contributed by atoms with Crippen molar-refractivity contribution in [3.63, 3.8) is 0 Å². The van der Waals surface area contributed by atoms with Crippen molar-refractivity contribution in [1.29, 1.82) is 0 Å². The van der Waals surface area contributed by atoms with Crippen molar-refractivity contribution in [2.75, 3.05) is 20.2 Å². The Bertz CT molecular complexity index is 1090. The molecule has 1 heterocycles. The fourth-order valence-corrected chi connectivity index (χ4v) is 3.81. The van der Waals surface area contributed by atoms with Gasteiger partial charge < -0.3 is 14.4 Å². The molecule has 7 nitrogen and oxygen atoms in total. The van der Waals surface area contributed by atoms with Crippen LogP contribution in [0.5, 0.6) is 11.5 Å². The van der Waals surface area contributed by atoms with Gasteiger partial charge in [0, 0.05) is 26.4 Å². The molecule has 0 bridgehead atoms. The average Bonchev–Trinajstić information content (AvgIpc) is 3.44. The summed E-state index contributed by atoms with van der Waals surface area (Å²) in [5.74, 6) is 1.54. The van der Waals surface area contributed by atoms with Gasteiger partial charge in [-0.25, -0.2) is 4.79 Å². The number of hydrogen-bond acceptors (Lipinski definition) is 4. The zero-order chi connectivity index (χ0) is 22.5. The van der Waals surface area contributed by atoms with Crippen LogP contribution < -0.4 is 15.2 Å². The molecule has 32 heavy (non-hydrogen) atoms. The monoisotopic (exact) mass is 435 g/mol. The molecule has 0 saturated heterocycles. The van der Waals surface area contributed by atoms with Gasteiger partial charge in [0.15, 0.2) is 0 Å². The Morgan fingerprint density at radius 2 is 1.47 bits per heavy atom. The van der Waals surface area contributed by atoms with Crippen LogP contribution in [0.25, 0.3) is 11.4 Å². The summed E-state index contributed by atoms with van der Waals surface area (Å²) in [6, 6.07) is 15.0. The molecule has 0 N–H and O–H groups in total. The lowest BCUT2D eigenvalue weighted by atomic mass is 10.2. The molecule has 4 rings (SSSR count). The van der Waals surface area contributed by atoms with Crippen LogP contribution in [0.4, 0.5) is 0 Å². The van der Waals surface area contributed by atoms with Crippen LogP contribution in [0.2, 0.25) is 0 Å². The summed E-state index contributed by atoms with van der Waals surface area (Å²) in [5, 5.41) is 0. The summed E-state index contributed by atoms with van der Waals surface area (Å²) in [4.78, 5) is 25.8. The zero-order valence-corrected chi connectivity index (χ0v) is 18.6. The summed E-state index contributed by atoms with van der Waals surface area (Å²) in [7, 11) is 1.74. The number of rotatable bonds is 8. The van der Waals surface area contributed by atoms with Crippen LogP contribution in [0.3, 0.4) is 0 Å². The highest BCUT2D eigenvalue weighted by Gasteiger charge is 2.16. The van der Waals surface area contributed by atoms with Crippen molar-refractivity contribution < 1.29 is 14.3 Å². The molecule has 0 unspecified atom stereocenters. The molecule has 0 spiro atoms. The quantitative estimate of drug-likeness (QED) is 0.540. The van der Waals surface area contributed by atoms with Crippen LogP contribution >= 0.6 is 0 Å². The maximum absolute atomic E-state index is 13.0. The van der Waals surface area contributed by atoms with Gasteiger partial charge >= 0.3 is 5.69 Å². The van der Waals surface area contributed by atoms with Crippen LogP contribution in [-0.2, 0) is 4.79 Å². The number of amides is 1. The topological polar surface area (TPSA) is 65.7 Å². The minimum Gasteiger partial charge on any atom is -0.492 e. The Labute approximate surface area is 187 Å². The van der Waals surface area contributed by atoms with E-state index in [9.17, 15) is 9.59 Å². The van der Waals surface area contributed by atoms with Gasteiger partial charge in [0.2, 0.25) is 5.91 Å². The molecule has 2 aromatic carbocycles. The van der Waals surface area contributed by atoms with E-state index in [1.54, 1.807) is 33.5 Å². The zero-order valence-electron chi connectivity index (χ0n) is 18.6. The predicted molar refractivity (Wildman–Crippen MR) is 123 cm³/mol. The predicted octanol–water partition coefficient (Wildman–Crippen LogP) is 3.81. The number of benzene rings is 2. The third kappa shape index (κ3) is 5.04. The van der Waals surface area contributed by atoms with Gasteiger partial charge in [0.1, 0.15) is 18.1 Å². The minimum atomic E-state index is -0.147. The Morgan fingerprint density at radius 1 is 0.938 bits per heavy atom. The number of aromatic nitrogens is 2.